The highest BCUT2D eigenvalue weighted by Crippen LogP contribution is 2.68. The van der Waals surface area contributed by atoms with E-state index in [1.165, 1.54) is 22.8 Å². The first-order chi connectivity index (χ1) is 10.1. The topological polar surface area (TPSA) is 64.6 Å². The molecule has 21 heavy (non-hydrogen) atoms. The first-order valence-electron chi connectivity index (χ1n) is 6.62. The standard InChI is InChI=1S/C13H24NO4PS2/c1-4-9-20-19(16,21-10-5-2)12-14-11-13(15)18-8-7-17-6-3/h4-5,14H,1-2,6-12H2,3H3. The number of ether oxygens (including phenoxy) is 2. The van der Waals surface area contributed by atoms with E-state index >= 15 is 0 Å². The molecule has 122 valence electrons. The number of carbonyl (C=O) groups is 1. The highest BCUT2D eigenvalue weighted by Gasteiger charge is 2.22. The fourth-order valence-electron chi connectivity index (χ4n) is 1.17. The van der Waals surface area contributed by atoms with E-state index in [-0.39, 0.29) is 25.4 Å². The zero-order chi connectivity index (χ0) is 16.0. The van der Waals surface area contributed by atoms with Crippen LogP contribution in [-0.2, 0) is 18.8 Å². The maximum absolute atomic E-state index is 12.6. The summed E-state index contributed by atoms with van der Waals surface area (Å²) >= 11 is 2.72. The molecule has 0 atom stereocenters. The van der Waals surface area contributed by atoms with Crippen LogP contribution in [0.1, 0.15) is 6.92 Å². The average molecular weight is 353 g/mol. The molecule has 0 aliphatic carbocycles. The predicted octanol–water partition coefficient (Wildman–Crippen LogP) is 3.14. The SMILES string of the molecule is C=CCSP(=O)(CNCC(=O)OCCOCC)SCC=C. The molecular weight excluding hydrogens is 329 g/mol. The zero-order valence-electron chi connectivity index (χ0n) is 12.4. The second-order valence-electron chi connectivity index (χ2n) is 3.78. The van der Waals surface area contributed by atoms with Crippen molar-refractivity contribution in [2.45, 2.75) is 6.92 Å². The number of carbonyl (C=O) groups excluding carboxylic acids is 1. The van der Waals surface area contributed by atoms with Crippen LogP contribution in [0.2, 0.25) is 0 Å². The van der Waals surface area contributed by atoms with E-state index in [0.29, 0.717) is 24.7 Å². The molecule has 0 aliphatic heterocycles. The fourth-order valence-corrected chi connectivity index (χ4v) is 7.55. The largest absolute Gasteiger partial charge is 0.462 e. The van der Waals surface area contributed by atoms with Gasteiger partial charge in [-0.3, -0.25) is 14.7 Å². The number of hydrogen-bond acceptors (Lipinski definition) is 7. The summed E-state index contributed by atoms with van der Waals surface area (Å²) in [6, 6.07) is 0. The summed E-state index contributed by atoms with van der Waals surface area (Å²) in [5.41, 5.74) is -2.50. The van der Waals surface area contributed by atoms with Gasteiger partial charge >= 0.3 is 5.97 Å². The van der Waals surface area contributed by atoms with Gasteiger partial charge in [0.2, 0.25) is 5.55 Å². The molecule has 0 rings (SSSR count). The van der Waals surface area contributed by atoms with Gasteiger partial charge in [-0.25, -0.2) is 0 Å². The number of esters is 1. The summed E-state index contributed by atoms with van der Waals surface area (Å²) in [6.07, 6.45) is 3.70. The average Bonchev–Trinajstić information content (AvgIpc) is 2.48. The molecule has 0 bridgehead atoms. The van der Waals surface area contributed by atoms with Gasteiger partial charge in [-0.15, -0.1) is 13.2 Å². The molecule has 5 nitrogen and oxygen atoms in total. The van der Waals surface area contributed by atoms with Gasteiger partial charge in [-0.1, -0.05) is 34.9 Å². The molecule has 0 amide bonds. The molecule has 0 aliphatic rings. The first kappa shape index (κ1) is 20.8. The van der Waals surface area contributed by atoms with Gasteiger partial charge in [0.25, 0.3) is 0 Å². The van der Waals surface area contributed by atoms with E-state index in [1.807, 2.05) is 6.92 Å². The lowest BCUT2D eigenvalue weighted by Crippen LogP contribution is -2.26. The molecule has 0 fully saturated rings. The van der Waals surface area contributed by atoms with Crippen LogP contribution in [0.15, 0.2) is 25.3 Å². The van der Waals surface area contributed by atoms with Crippen molar-refractivity contribution in [3.05, 3.63) is 25.3 Å². The van der Waals surface area contributed by atoms with E-state index in [0.717, 1.165) is 0 Å². The molecular formula is C13H24NO4PS2. The normalized spacial score (nSPS) is 11.1. The highest BCUT2D eigenvalue weighted by atomic mass is 33.1. The van der Waals surface area contributed by atoms with Crippen LogP contribution in [0.25, 0.3) is 0 Å². The van der Waals surface area contributed by atoms with Gasteiger partial charge in [0, 0.05) is 18.1 Å². The molecule has 0 spiro atoms. The van der Waals surface area contributed by atoms with Crippen molar-refractivity contribution >= 4 is 34.3 Å². The predicted molar refractivity (Wildman–Crippen MR) is 93.2 cm³/mol. The summed E-state index contributed by atoms with van der Waals surface area (Å²) in [6.45, 7) is 10.4. The lowest BCUT2D eigenvalue weighted by Gasteiger charge is -2.16. The van der Waals surface area contributed by atoms with Crippen molar-refractivity contribution < 1.29 is 18.8 Å². The Morgan fingerprint density at radius 3 is 2.38 bits per heavy atom. The molecule has 0 aromatic heterocycles. The maximum atomic E-state index is 12.6. The third kappa shape index (κ3) is 12.1. The van der Waals surface area contributed by atoms with Crippen molar-refractivity contribution in [2.75, 3.05) is 44.2 Å². The molecule has 0 heterocycles. The van der Waals surface area contributed by atoms with Gasteiger partial charge < -0.3 is 9.47 Å². The van der Waals surface area contributed by atoms with E-state index in [2.05, 4.69) is 18.5 Å². The minimum absolute atomic E-state index is 0.0411. The Bertz CT molecular complexity index is 350. The second-order valence-corrected chi connectivity index (χ2v) is 12.3. The summed E-state index contributed by atoms with van der Waals surface area (Å²) < 4.78 is 22.6. The van der Waals surface area contributed by atoms with Gasteiger partial charge in [-0.2, -0.15) is 0 Å². The van der Waals surface area contributed by atoms with E-state index in [1.54, 1.807) is 12.2 Å². The molecule has 1 N–H and O–H groups in total. The molecule has 0 radical (unpaired) electrons. The first-order valence-corrected chi connectivity index (χ1v) is 11.7. The van der Waals surface area contributed by atoms with E-state index in [9.17, 15) is 9.36 Å². The summed E-state index contributed by atoms with van der Waals surface area (Å²) in [7, 11) is 0. The van der Waals surface area contributed by atoms with Crippen molar-refractivity contribution in [3.8, 4) is 0 Å². The number of hydrogen-bond donors (Lipinski definition) is 1. The summed E-state index contributed by atoms with van der Waals surface area (Å²) in [4.78, 5) is 11.4. The van der Waals surface area contributed by atoms with Crippen LogP contribution < -0.4 is 5.32 Å². The molecule has 0 saturated heterocycles. The maximum Gasteiger partial charge on any atom is 0.320 e. The summed E-state index contributed by atoms with van der Waals surface area (Å²) in [5.74, 6) is 0.854. The minimum atomic E-state index is -2.50. The minimum Gasteiger partial charge on any atom is -0.462 e. The Morgan fingerprint density at radius 1 is 1.24 bits per heavy atom. The highest BCUT2D eigenvalue weighted by molar-refractivity contribution is 8.90. The second kappa shape index (κ2) is 13.5. The van der Waals surface area contributed by atoms with Gasteiger partial charge in [-0.05, 0) is 6.92 Å². The Morgan fingerprint density at radius 2 is 1.86 bits per heavy atom. The van der Waals surface area contributed by atoms with Crippen molar-refractivity contribution in [1.82, 2.24) is 5.32 Å². The Labute approximate surface area is 135 Å². The Balaban J connectivity index is 4.00. The quantitative estimate of drug-likeness (QED) is 0.223. The smallest absolute Gasteiger partial charge is 0.320 e. The van der Waals surface area contributed by atoms with Crippen LogP contribution in [-0.4, -0.2) is 50.1 Å². The fraction of sp³-hybridized carbons (Fsp3) is 0.615. The van der Waals surface area contributed by atoms with Gasteiger partial charge in [0.1, 0.15) is 6.61 Å². The molecule has 0 unspecified atom stereocenters. The van der Waals surface area contributed by atoms with E-state index < -0.39 is 5.55 Å². The van der Waals surface area contributed by atoms with Crippen molar-refractivity contribution in [3.63, 3.8) is 0 Å². The third-order valence-corrected chi connectivity index (χ3v) is 10.1. The van der Waals surface area contributed by atoms with Gasteiger partial charge in [0.05, 0.1) is 19.4 Å². The Kier molecular flexibility index (Phi) is 13.3. The van der Waals surface area contributed by atoms with Crippen molar-refractivity contribution in [2.24, 2.45) is 0 Å². The van der Waals surface area contributed by atoms with Crippen molar-refractivity contribution in [1.29, 1.82) is 0 Å². The molecule has 0 saturated carbocycles. The lowest BCUT2D eigenvalue weighted by atomic mass is 10.6. The van der Waals surface area contributed by atoms with Crippen LogP contribution in [0.4, 0.5) is 0 Å². The third-order valence-electron chi connectivity index (χ3n) is 2.05. The molecule has 8 heteroatoms. The lowest BCUT2D eigenvalue weighted by molar-refractivity contribution is -0.143. The van der Waals surface area contributed by atoms with Crippen LogP contribution >= 0.6 is 28.3 Å². The monoisotopic (exact) mass is 353 g/mol. The molecule has 0 aromatic rings. The number of rotatable bonds is 14. The Hall–Kier alpha value is -0.200. The van der Waals surface area contributed by atoms with E-state index in [4.69, 9.17) is 9.47 Å². The van der Waals surface area contributed by atoms with Gasteiger partial charge in [0.15, 0.2) is 0 Å². The van der Waals surface area contributed by atoms with Crippen LogP contribution in [0.3, 0.4) is 0 Å². The van der Waals surface area contributed by atoms with Crippen LogP contribution in [0, 0.1) is 0 Å². The zero-order valence-corrected chi connectivity index (χ0v) is 14.9. The van der Waals surface area contributed by atoms with Crippen LogP contribution in [0.5, 0.6) is 0 Å². The number of nitrogens with one attached hydrogen (secondary N) is 1. The molecule has 0 aromatic carbocycles. The summed E-state index contributed by atoms with van der Waals surface area (Å²) in [5, 5.41) is 2.90.